The monoisotopic (exact) mass is 423 g/mol. The van der Waals surface area contributed by atoms with Crippen LogP contribution in [0.1, 0.15) is 22.0 Å². The molecular formula is C23H22FN3O2S. The van der Waals surface area contributed by atoms with Crippen molar-refractivity contribution in [2.75, 3.05) is 18.4 Å². The van der Waals surface area contributed by atoms with E-state index in [2.05, 4.69) is 39.8 Å². The molecule has 1 aliphatic rings. The molecule has 0 radical (unpaired) electrons. The van der Waals surface area contributed by atoms with Crippen LogP contribution in [0.5, 0.6) is 0 Å². The molecule has 1 aromatic heterocycles. The number of hydrogen-bond donors (Lipinski definition) is 2. The molecule has 0 spiro atoms. The molecule has 0 unspecified atom stereocenters. The Kier molecular flexibility index (Phi) is 6.21. The van der Waals surface area contributed by atoms with E-state index in [1.807, 2.05) is 17.5 Å². The van der Waals surface area contributed by atoms with Crippen molar-refractivity contribution < 1.29 is 14.0 Å². The van der Waals surface area contributed by atoms with E-state index in [4.69, 9.17) is 0 Å². The second kappa shape index (κ2) is 9.19. The van der Waals surface area contributed by atoms with E-state index >= 15 is 0 Å². The van der Waals surface area contributed by atoms with Gasteiger partial charge in [-0.1, -0.05) is 30.3 Å². The zero-order chi connectivity index (χ0) is 20.9. The van der Waals surface area contributed by atoms with Gasteiger partial charge in [-0.25, -0.2) is 4.39 Å². The van der Waals surface area contributed by atoms with Crippen molar-refractivity contribution in [3.63, 3.8) is 0 Å². The van der Waals surface area contributed by atoms with Crippen LogP contribution < -0.4 is 10.6 Å². The molecule has 2 amide bonds. The van der Waals surface area contributed by atoms with E-state index in [9.17, 15) is 14.0 Å². The Morgan fingerprint density at radius 1 is 1.00 bits per heavy atom. The zero-order valence-corrected chi connectivity index (χ0v) is 17.1. The highest BCUT2D eigenvalue weighted by Crippen LogP contribution is 2.30. The van der Waals surface area contributed by atoms with Crippen LogP contribution in [0.25, 0.3) is 0 Å². The largest absolute Gasteiger partial charge is 0.346 e. The summed E-state index contributed by atoms with van der Waals surface area (Å²) in [5, 5.41) is 7.27. The van der Waals surface area contributed by atoms with Gasteiger partial charge in [-0.05, 0) is 53.3 Å². The highest BCUT2D eigenvalue weighted by molar-refractivity contribution is 7.10. The average Bonchev–Trinajstić information content (AvgIpc) is 3.30. The first kappa shape index (κ1) is 20.3. The Balaban J connectivity index is 1.41. The topological polar surface area (TPSA) is 61.4 Å². The number of rotatable bonds is 5. The Labute approximate surface area is 178 Å². The smallest absolute Gasteiger partial charge is 0.313 e. The molecule has 1 atom stereocenters. The third kappa shape index (κ3) is 4.75. The minimum atomic E-state index is -0.768. The quantitative estimate of drug-likeness (QED) is 0.615. The van der Waals surface area contributed by atoms with Crippen molar-refractivity contribution in [3.05, 3.63) is 87.9 Å². The fourth-order valence-electron chi connectivity index (χ4n) is 3.66. The molecule has 0 saturated heterocycles. The van der Waals surface area contributed by atoms with Crippen LogP contribution in [0.4, 0.5) is 10.1 Å². The fourth-order valence-corrected chi connectivity index (χ4v) is 4.53. The lowest BCUT2D eigenvalue weighted by Gasteiger charge is -2.35. The molecule has 0 bridgehead atoms. The third-order valence-electron chi connectivity index (χ3n) is 5.24. The zero-order valence-electron chi connectivity index (χ0n) is 16.3. The van der Waals surface area contributed by atoms with Gasteiger partial charge in [0.1, 0.15) is 5.82 Å². The summed E-state index contributed by atoms with van der Waals surface area (Å²) < 4.78 is 13.0. The number of carbonyl (C=O) groups excluding carboxylic acids is 2. The molecule has 5 nitrogen and oxygen atoms in total. The summed E-state index contributed by atoms with van der Waals surface area (Å²) in [6.07, 6.45) is 0.955. The lowest BCUT2D eigenvalue weighted by atomic mass is 9.98. The molecule has 30 heavy (non-hydrogen) atoms. The molecule has 1 aliphatic heterocycles. The van der Waals surface area contributed by atoms with Crippen molar-refractivity contribution in [1.82, 2.24) is 10.2 Å². The molecule has 2 N–H and O–H groups in total. The second-order valence-corrected chi connectivity index (χ2v) is 8.17. The number of hydrogen-bond acceptors (Lipinski definition) is 4. The molecule has 0 fully saturated rings. The van der Waals surface area contributed by atoms with Crippen molar-refractivity contribution >= 4 is 28.8 Å². The molecule has 0 saturated carbocycles. The molecule has 4 rings (SSSR count). The van der Waals surface area contributed by atoms with Gasteiger partial charge in [0.25, 0.3) is 0 Å². The number of anilines is 1. The number of nitrogens with one attached hydrogen (secondary N) is 2. The van der Waals surface area contributed by atoms with Crippen LogP contribution in [0.15, 0.2) is 66.0 Å². The third-order valence-corrected chi connectivity index (χ3v) is 6.21. The van der Waals surface area contributed by atoms with Crippen molar-refractivity contribution in [3.8, 4) is 0 Å². The minimum absolute atomic E-state index is 0.0130. The fraction of sp³-hybridized carbons (Fsp3) is 0.217. The van der Waals surface area contributed by atoms with Crippen LogP contribution >= 0.6 is 11.3 Å². The second-order valence-electron chi connectivity index (χ2n) is 7.19. The number of fused-ring (bicyclic) bond motifs is 1. The summed E-state index contributed by atoms with van der Waals surface area (Å²) in [5.74, 6) is -1.88. The van der Waals surface area contributed by atoms with Gasteiger partial charge in [-0.3, -0.25) is 14.5 Å². The number of benzene rings is 2. The SMILES string of the molecule is O=C(NC[C@@H](c1cccs1)N1CCc2ccccc2C1)C(=O)Nc1ccc(F)cc1. The molecule has 0 aliphatic carbocycles. The van der Waals surface area contributed by atoms with Crippen molar-refractivity contribution in [2.24, 2.45) is 0 Å². The number of carbonyl (C=O) groups is 2. The van der Waals surface area contributed by atoms with Crippen LogP contribution in [0.3, 0.4) is 0 Å². The number of nitrogens with zero attached hydrogens (tertiary/aromatic N) is 1. The van der Waals surface area contributed by atoms with E-state index in [0.717, 1.165) is 24.4 Å². The van der Waals surface area contributed by atoms with Gasteiger partial charge in [0, 0.05) is 30.2 Å². The van der Waals surface area contributed by atoms with Gasteiger partial charge in [0.2, 0.25) is 0 Å². The Morgan fingerprint density at radius 3 is 2.50 bits per heavy atom. The number of halogens is 1. The van der Waals surface area contributed by atoms with E-state index in [-0.39, 0.29) is 6.04 Å². The van der Waals surface area contributed by atoms with Gasteiger partial charge in [-0.2, -0.15) is 0 Å². The molecule has 2 heterocycles. The summed E-state index contributed by atoms with van der Waals surface area (Å²) in [6, 6.07) is 17.7. The van der Waals surface area contributed by atoms with Crippen molar-refractivity contribution in [1.29, 1.82) is 0 Å². The van der Waals surface area contributed by atoms with E-state index < -0.39 is 17.6 Å². The maximum atomic E-state index is 13.0. The molecule has 154 valence electrons. The van der Waals surface area contributed by atoms with Gasteiger partial charge < -0.3 is 10.6 Å². The summed E-state index contributed by atoms with van der Waals surface area (Å²) >= 11 is 1.64. The summed E-state index contributed by atoms with van der Waals surface area (Å²) in [6.45, 7) is 2.02. The van der Waals surface area contributed by atoms with Gasteiger partial charge in [0.05, 0.1) is 6.04 Å². The first-order chi connectivity index (χ1) is 14.6. The number of amides is 2. The Hall–Kier alpha value is -3.03. The average molecular weight is 424 g/mol. The standard InChI is InChI=1S/C23H22FN3O2S/c24-18-7-9-19(10-8-18)26-23(29)22(28)25-14-20(21-6-3-13-30-21)27-12-11-16-4-1-2-5-17(16)15-27/h1-10,13,20H,11-12,14-15H2,(H,25,28)(H,26,29)/t20-/m0/s1. The maximum absolute atomic E-state index is 13.0. The summed E-state index contributed by atoms with van der Waals surface area (Å²) in [5.41, 5.74) is 3.03. The maximum Gasteiger partial charge on any atom is 0.313 e. The summed E-state index contributed by atoms with van der Waals surface area (Å²) in [4.78, 5) is 28.1. The van der Waals surface area contributed by atoms with E-state index in [1.54, 1.807) is 11.3 Å². The van der Waals surface area contributed by atoms with Crippen LogP contribution in [-0.4, -0.2) is 29.8 Å². The molecule has 3 aromatic rings. The predicted octanol–water partition coefficient (Wildman–Crippen LogP) is 3.74. The van der Waals surface area contributed by atoms with Crippen LogP contribution in [0.2, 0.25) is 0 Å². The van der Waals surface area contributed by atoms with E-state index in [1.165, 1.54) is 35.4 Å². The normalized spacial score (nSPS) is 14.6. The number of thiophene rings is 1. The lowest BCUT2D eigenvalue weighted by Crippen LogP contribution is -2.43. The highest BCUT2D eigenvalue weighted by atomic mass is 32.1. The predicted molar refractivity (Wildman–Crippen MR) is 116 cm³/mol. The van der Waals surface area contributed by atoms with E-state index in [0.29, 0.717) is 12.2 Å². The lowest BCUT2D eigenvalue weighted by molar-refractivity contribution is -0.136. The highest BCUT2D eigenvalue weighted by Gasteiger charge is 2.26. The molecule has 2 aromatic carbocycles. The van der Waals surface area contributed by atoms with Crippen LogP contribution in [-0.2, 0) is 22.6 Å². The van der Waals surface area contributed by atoms with Gasteiger partial charge >= 0.3 is 11.8 Å². The Morgan fingerprint density at radius 2 is 1.77 bits per heavy atom. The van der Waals surface area contributed by atoms with Crippen molar-refractivity contribution in [2.45, 2.75) is 19.0 Å². The molecular weight excluding hydrogens is 401 g/mol. The Bertz CT molecular complexity index is 1020. The summed E-state index contributed by atoms with van der Waals surface area (Å²) in [7, 11) is 0. The first-order valence-electron chi connectivity index (χ1n) is 9.79. The first-order valence-corrected chi connectivity index (χ1v) is 10.7. The van der Waals surface area contributed by atoms with Crippen LogP contribution in [0, 0.1) is 5.82 Å². The van der Waals surface area contributed by atoms with Gasteiger partial charge in [0.15, 0.2) is 0 Å². The van der Waals surface area contributed by atoms with Gasteiger partial charge in [-0.15, -0.1) is 11.3 Å². The minimum Gasteiger partial charge on any atom is -0.346 e. The molecule has 7 heteroatoms.